The molecule has 1 aromatic rings. The summed E-state index contributed by atoms with van der Waals surface area (Å²) in [7, 11) is 1.92. The van der Waals surface area contributed by atoms with Crippen molar-refractivity contribution in [2.75, 3.05) is 0 Å². The molecule has 1 heterocycles. The fourth-order valence-electron chi connectivity index (χ4n) is 3.73. The monoisotopic (exact) mass is 239 g/mol. The lowest BCUT2D eigenvalue weighted by molar-refractivity contribution is 0.277. The number of hydrogen-bond donors (Lipinski definition) is 1. The summed E-state index contributed by atoms with van der Waals surface area (Å²) in [5, 5.41) is 4.90. The summed E-state index contributed by atoms with van der Waals surface area (Å²) in [6, 6.07) is 0.0651. The van der Waals surface area contributed by atoms with E-state index >= 15 is 0 Å². The van der Waals surface area contributed by atoms with Crippen LogP contribution < -0.4 is 5.73 Å². The van der Waals surface area contributed by atoms with Gasteiger partial charge in [0.1, 0.15) is 0 Å². The Morgan fingerprint density at radius 3 is 2.81 bits per heavy atom. The van der Waals surface area contributed by atoms with Crippen molar-refractivity contribution in [3.05, 3.63) is 16.9 Å². The van der Waals surface area contributed by atoms with Gasteiger partial charge in [0.25, 0.3) is 0 Å². The molecule has 0 spiro atoms. The average Bonchev–Trinajstić information content (AvgIpc) is 2.93. The van der Waals surface area contributed by atoms with Gasteiger partial charge < -0.3 is 5.73 Å². The highest BCUT2D eigenvalue weighted by Gasteiger charge is 2.43. The Bertz CT molecular complexity index is 381. The van der Waals surface area contributed by atoms with Crippen LogP contribution in [0.5, 0.6) is 0 Å². The van der Waals surface area contributed by atoms with E-state index in [1.807, 2.05) is 11.7 Å². The fraction of sp³-hybridized carbons (Fsp3) is 0.750. The third kappa shape index (κ3) is 1.49. The smallest absolute Gasteiger partial charge is 0.0834 e. The molecule has 4 heteroatoms. The fourth-order valence-corrected chi connectivity index (χ4v) is 4.02. The Balaban J connectivity index is 1.85. The first-order chi connectivity index (χ1) is 7.66. The van der Waals surface area contributed by atoms with Crippen LogP contribution in [0.15, 0.2) is 6.20 Å². The van der Waals surface area contributed by atoms with Gasteiger partial charge in [0, 0.05) is 7.05 Å². The average molecular weight is 240 g/mol. The highest BCUT2D eigenvalue weighted by molar-refractivity contribution is 6.31. The van der Waals surface area contributed by atoms with Gasteiger partial charge in [0.2, 0.25) is 0 Å². The predicted molar refractivity (Wildman–Crippen MR) is 64.1 cm³/mol. The second kappa shape index (κ2) is 3.74. The topological polar surface area (TPSA) is 43.8 Å². The molecule has 2 N–H and O–H groups in total. The van der Waals surface area contributed by atoms with Crippen molar-refractivity contribution in [1.82, 2.24) is 9.78 Å². The lowest BCUT2D eigenvalue weighted by Gasteiger charge is -2.28. The Morgan fingerprint density at radius 1 is 1.50 bits per heavy atom. The molecule has 88 valence electrons. The number of fused-ring (bicyclic) bond motifs is 2. The summed E-state index contributed by atoms with van der Waals surface area (Å²) >= 11 is 6.16. The summed E-state index contributed by atoms with van der Waals surface area (Å²) in [5.41, 5.74) is 7.40. The Labute approximate surface area is 101 Å². The second-order valence-corrected chi connectivity index (χ2v) is 5.77. The third-order valence-corrected chi connectivity index (χ3v) is 4.80. The van der Waals surface area contributed by atoms with Gasteiger partial charge in [-0.1, -0.05) is 18.0 Å². The van der Waals surface area contributed by atoms with Gasteiger partial charge >= 0.3 is 0 Å². The molecule has 1 aromatic heterocycles. The van der Waals surface area contributed by atoms with E-state index in [4.69, 9.17) is 17.3 Å². The lowest BCUT2D eigenvalue weighted by Crippen LogP contribution is -2.28. The molecule has 0 saturated heterocycles. The van der Waals surface area contributed by atoms with E-state index < -0.39 is 0 Å². The lowest BCUT2D eigenvalue weighted by atomic mass is 9.82. The molecule has 0 aliphatic heterocycles. The largest absolute Gasteiger partial charge is 0.322 e. The van der Waals surface area contributed by atoms with E-state index in [9.17, 15) is 0 Å². The maximum atomic E-state index is 6.39. The molecule has 3 nitrogen and oxygen atoms in total. The first kappa shape index (κ1) is 10.6. The van der Waals surface area contributed by atoms with Crippen LogP contribution in [0, 0.1) is 17.8 Å². The summed E-state index contributed by atoms with van der Waals surface area (Å²) in [5.74, 6) is 2.37. The number of halogens is 1. The van der Waals surface area contributed by atoms with E-state index in [1.54, 1.807) is 6.20 Å². The van der Waals surface area contributed by atoms with Gasteiger partial charge in [-0.05, 0) is 37.0 Å². The highest BCUT2D eigenvalue weighted by Crippen LogP contribution is 2.52. The van der Waals surface area contributed by atoms with Crippen LogP contribution in [-0.2, 0) is 7.05 Å². The van der Waals surface area contributed by atoms with Crippen molar-refractivity contribution in [2.24, 2.45) is 30.5 Å². The number of aromatic nitrogens is 2. The van der Waals surface area contributed by atoms with Gasteiger partial charge in [0.05, 0.1) is 23.0 Å². The quantitative estimate of drug-likeness (QED) is 0.862. The van der Waals surface area contributed by atoms with Crippen molar-refractivity contribution in [2.45, 2.75) is 31.7 Å². The van der Waals surface area contributed by atoms with Crippen molar-refractivity contribution in [1.29, 1.82) is 0 Å². The molecule has 4 unspecified atom stereocenters. The molecular weight excluding hydrogens is 222 g/mol. The molecule has 16 heavy (non-hydrogen) atoms. The van der Waals surface area contributed by atoms with E-state index in [1.165, 1.54) is 25.7 Å². The van der Waals surface area contributed by atoms with E-state index in [-0.39, 0.29) is 6.04 Å². The predicted octanol–water partition coefficient (Wildman–Crippen LogP) is 2.51. The zero-order chi connectivity index (χ0) is 11.3. The Kier molecular flexibility index (Phi) is 2.48. The molecule has 0 aromatic carbocycles. The maximum absolute atomic E-state index is 6.39. The van der Waals surface area contributed by atoms with Crippen LogP contribution in [-0.4, -0.2) is 9.78 Å². The first-order valence-corrected chi connectivity index (χ1v) is 6.47. The summed E-state index contributed by atoms with van der Waals surface area (Å²) in [4.78, 5) is 0. The number of nitrogens with two attached hydrogens (primary N) is 1. The number of nitrogens with zero attached hydrogens (tertiary/aromatic N) is 2. The SMILES string of the molecule is Cn1ncc(Cl)c1C(N)C1CC2CCC1C2. The van der Waals surface area contributed by atoms with E-state index in [0.29, 0.717) is 5.92 Å². The van der Waals surface area contributed by atoms with Gasteiger partial charge in [-0.3, -0.25) is 4.68 Å². The summed E-state index contributed by atoms with van der Waals surface area (Å²) in [6.07, 6.45) is 7.14. The number of aryl methyl sites for hydroxylation is 1. The van der Waals surface area contributed by atoms with Crippen LogP contribution in [0.1, 0.15) is 37.4 Å². The minimum atomic E-state index is 0.0651. The number of hydrogen-bond acceptors (Lipinski definition) is 2. The molecule has 2 aliphatic rings. The van der Waals surface area contributed by atoms with Crippen molar-refractivity contribution in [3.8, 4) is 0 Å². The Hall–Kier alpha value is -0.540. The molecule has 4 atom stereocenters. The van der Waals surface area contributed by atoms with Crippen LogP contribution in [0.2, 0.25) is 5.02 Å². The first-order valence-electron chi connectivity index (χ1n) is 6.09. The molecule has 0 radical (unpaired) electrons. The second-order valence-electron chi connectivity index (χ2n) is 5.37. The van der Waals surface area contributed by atoms with E-state index in [2.05, 4.69) is 5.10 Å². The van der Waals surface area contributed by atoms with Crippen molar-refractivity contribution < 1.29 is 0 Å². The van der Waals surface area contributed by atoms with Gasteiger partial charge in [0.15, 0.2) is 0 Å². The molecule has 2 bridgehead atoms. The molecular formula is C12H18ClN3. The molecule has 2 saturated carbocycles. The van der Waals surface area contributed by atoms with Crippen LogP contribution >= 0.6 is 11.6 Å². The minimum Gasteiger partial charge on any atom is -0.322 e. The molecule has 0 amide bonds. The van der Waals surface area contributed by atoms with Crippen molar-refractivity contribution in [3.63, 3.8) is 0 Å². The normalized spacial score (nSPS) is 34.6. The van der Waals surface area contributed by atoms with Gasteiger partial charge in [-0.15, -0.1) is 0 Å². The van der Waals surface area contributed by atoms with Gasteiger partial charge in [-0.2, -0.15) is 5.10 Å². The zero-order valence-corrected chi connectivity index (χ0v) is 10.3. The molecule has 3 rings (SSSR count). The van der Waals surface area contributed by atoms with Gasteiger partial charge in [-0.25, -0.2) is 0 Å². The summed E-state index contributed by atoms with van der Waals surface area (Å²) in [6.45, 7) is 0. The van der Waals surface area contributed by atoms with E-state index in [0.717, 1.165) is 22.6 Å². The molecule has 2 aliphatic carbocycles. The minimum absolute atomic E-state index is 0.0651. The van der Waals surface area contributed by atoms with Crippen LogP contribution in [0.4, 0.5) is 0 Å². The summed E-state index contributed by atoms with van der Waals surface area (Å²) < 4.78 is 1.83. The van der Waals surface area contributed by atoms with Crippen molar-refractivity contribution >= 4 is 11.6 Å². The Morgan fingerprint density at radius 2 is 2.31 bits per heavy atom. The standard InChI is InChI=1S/C12H18ClN3/c1-16-12(10(13)6-15-16)11(14)9-5-7-2-3-8(9)4-7/h6-9,11H,2-5,14H2,1H3. The molecule has 2 fully saturated rings. The zero-order valence-electron chi connectivity index (χ0n) is 9.56. The number of rotatable bonds is 2. The third-order valence-electron chi connectivity index (χ3n) is 4.51. The highest BCUT2D eigenvalue weighted by atomic mass is 35.5. The van der Waals surface area contributed by atoms with Crippen LogP contribution in [0.25, 0.3) is 0 Å². The maximum Gasteiger partial charge on any atom is 0.0834 e. The van der Waals surface area contributed by atoms with Crippen LogP contribution in [0.3, 0.4) is 0 Å².